The SMILES string of the molecule is NCCN(C(=O)OCc1ccccc1)N1CCNCC1. The van der Waals surface area contributed by atoms with E-state index in [0.717, 1.165) is 31.7 Å². The van der Waals surface area contributed by atoms with Crippen molar-refractivity contribution in [2.45, 2.75) is 6.61 Å². The maximum atomic E-state index is 12.2. The van der Waals surface area contributed by atoms with E-state index < -0.39 is 0 Å². The normalized spacial score (nSPS) is 15.8. The van der Waals surface area contributed by atoms with E-state index in [2.05, 4.69) is 5.32 Å². The lowest BCUT2D eigenvalue weighted by Crippen LogP contribution is -2.55. The van der Waals surface area contributed by atoms with E-state index in [0.29, 0.717) is 13.1 Å². The van der Waals surface area contributed by atoms with Crippen molar-refractivity contribution in [3.63, 3.8) is 0 Å². The van der Waals surface area contributed by atoms with Crippen molar-refractivity contribution in [3.8, 4) is 0 Å². The summed E-state index contributed by atoms with van der Waals surface area (Å²) in [5, 5.41) is 6.87. The van der Waals surface area contributed by atoms with Crippen LogP contribution in [0.3, 0.4) is 0 Å². The Morgan fingerprint density at radius 1 is 1.30 bits per heavy atom. The van der Waals surface area contributed by atoms with Crippen LogP contribution in [0, 0.1) is 0 Å². The molecule has 0 radical (unpaired) electrons. The van der Waals surface area contributed by atoms with Crippen molar-refractivity contribution in [2.24, 2.45) is 5.73 Å². The number of benzene rings is 1. The number of carbonyl (C=O) groups is 1. The minimum atomic E-state index is -0.332. The zero-order valence-corrected chi connectivity index (χ0v) is 11.6. The molecule has 6 heteroatoms. The molecule has 1 aromatic carbocycles. The third-order valence-electron chi connectivity index (χ3n) is 3.19. The first-order valence-corrected chi connectivity index (χ1v) is 6.95. The van der Waals surface area contributed by atoms with Crippen molar-refractivity contribution < 1.29 is 9.53 Å². The highest BCUT2D eigenvalue weighted by Crippen LogP contribution is 2.06. The number of ether oxygens (including phenoxy) is 1. The fraction of sp³-hybridized carbons (Fsp3) is 0.500. The topological polar surface area (TPSA) is 70.8 Å². The van der Waals surface area contributed by atoms with Gasteiger partial charge in [0.1, 0.15) is 6.61 Å². The van der Waals surface area contributed by atoms with Crippen LogP contribution in [0.25, 0.3) is 0 Å². The highest BCUT2D eigenvalue weighted by Gasteiger charge is 2.23. The van der Waals surface area contributed by atoms with Crippen LogP contribution in [0.1, 0.15) is 5.56 Å². The van der Waals surface area contributed by atoms with Crippen LogP contribution in [0.15, 0.2) is 30.3 Å². The van der Waals surface area contributed by atoms with Gasteiger partial charge in [-0.2, -0.15) is 0 Å². The summed E-state index contributed by atoms with van der Waals surface area (Å²) in [4.78, 5) is 12.2. The van der Waals surface area contributed by atoms with Gasteiger partial charge in [-0.15, -0.1) is 0 Å². The Bertz CT molecular complexity index is 407. The highest BCUT2D eigenvalue weighted by atomic mass is 16.6. The molecule has 0 bridgehead atoms. The molecule has 1 heterocycles. The largest absolute Gasteiger partial charge is 0.444 e. The molecule has 20 heavy (non-hydrogen) atoms. The molecule has 6 nitrogen and oxygen atoms in total. The molecule has 1 fully saturated rings. The summed E-state index contributed by atoms with van der Waals surface area (Å²) < 4.78 is 5.37. The summed E-state index contributed by atoms with van der Waals surface area (Å²) in [5.41, 5.74) is 6.57. The average molecular weight is 278 g/mol. The van der Waals surface area contributed by atoms with Crippen molar-refractivity contribution in [2.75, 3.05) is 39.3 Å². The molecule has 1 saturated heterocycles. The summed E-state index contributed by atoms with van der Waals surface area (Å²) in [6.45, 7) is 4.51. The van der Waals surface area contributed by atoms with Crippen LogP contribution in [-0.2, 0) is 11.3 Å². The number of hydrazine groups is 1. The minimum Gasteiger partial charge on any atom is -0.444 e. The second-order valence-corrected chi connectivity index (χ2v) is 4.66. The molecule has 1 aliphatic rings. The van der Waals surface area contributed by atoms with Crippen LogP contribution >= 0.6 is 0 Å². The number of nitrogens with two attached hydrogens (primary N) is 1. The predicted octanol–water partition coefficient (Wildman–Crippen LogP) is 0.404. The molecule has 2 rings (SSSR count). The lowest BCUT2D eigenvalue weighted by molar-refractivity contribution is -0.0301. The summed E-state index contributed by atoms with van der Waals surface area (Å²) >= 11 is 0. The molecule has 1 aromatic rings. The Morgan fingerprint density at radius 2 is 2.00 bits per heavy atom. The van der Waals surface area contributed by atoms with E-state index in [4.69, 9.17) is 10.5 Å². The number of hydrogen-bond acceptors (Lipinski definition) is 5. The van der Waals surface area contributed by atoms with Gasteiger partial charge in [0, 0.05) is 32.7 Å². The van der Waals surface area contributed by atoms with Crippen molar-refractivity contribution >= 4 is 6.09 Å². The molecule has 0 unspecified atom stereocenters. The molecule has 3 N–H and O–H groups in total. The Morgan fingerprint density at radius 3 is 2.65 bits per heavy atom. The zero-order chi connectivity index (χ0) is 14.2. The third-order valence-corrected chi connectivity index (χ3v) is 3.19. The lowest BCUT2D eigenvalue weighted by atomic mass is 10.2. The summed E-state index contributed by atoms with van der Waals surface area (Å²) in [5.74, 6) is 0. The van der Waals surface area contributed by atoms with E-state index in [-0.39, 0.29) is 12.7 Å². The number of hydrogen-bond donors (Lipinski definition) is 2. The third kappa shape index (κ3) is 4.19. The van der Waals surface area contributed by atoms with Gasteiger partial charge in [-0.3, -0.25) is 0 Å². The number of amides is 1. The maximum Gasteiger partial charge on any atom is 0.424 e. The van der Waals surface area contributed by atoms with Crippen LogP contribution in [0.2, 0.25) is 0 Å². The van der Waals surface area contributed by atoms with Gasteiger partial charge in [0.25, 0.3) is 0 Å². The summed E-state index contributed by atoms with van der Waals surface area (Å²) in [6, 6.07) is 9.66. The Hall–Kier alpha value is -1.63. The van der Waals surface area contributed by atoms with E-state index in [1.807, 2.05) is 35.3 Å². The monoisotopic (exact) mass is 278 g/mol. The van der Waals surface area contributed by atoms with E-state index in [1.54, 1.807) is 5.01 Å². The minimum absolute atomic E-state index is 0.285. The first-order valence-electron chi connectivity index (χ1n) is 6.95. The molecular weight excluding hydrogens is 256 g/mol. The summed E-state index contributed by atoms with van der Waals surface area (Å²) in [7, 11) is 0. The summed E-state index contributed by atoms with van der Waals surface area (Å²) in [6.07, 6.45) is -0.332. The number of carbonyl (C=O) groups excluding carboxylic acids is 1. The number of rotatable bonds is 5. The average Bonchev–Trinajstić information content (AvgIpc) is 2.52. The van der Waals surface area contributed by atoms with Gasteiger partial charge >= 0.3 is 6.09 Å². The molecule has 1 amide bonds. The number of nitrogens with one attached hydrogen (secondary N) is 1. The molecule has 0 saturated carbocycles. The van der Waals surface area contributed by atoms with Crippen LogP contribution < -0.4 is 11.1 Å². The van der Waals surface area contributed by atoms with E-state index >= 15 is 0 Å². The lowest BCUT2D eigenvalue weighted by Gasteiger charge is -2.36. The van der Waals surface area contributed by atoms with Gasteiger partial charge < -0.3 is 15.8 Å². The number of piperazine rings is 1. The van der Waals surface area contributed by atoms with E-state index in [1.165, 1.54) is 0 Å². The van der Waals surface area contributed by atoms with Gasteiger partial charge in [-0.25, -0.2) is 14.8 Å². The maximum absolute atomic E-state index is 12.2. The van der Waals surface area contributed by atoms with Gasteiger partial charge in [-0.05, 0) is 5.56 Å². The molecular formula is C14H22N4O2. The fourth-order valence-corrected chi connectivity index (χ4v) is 2.16. The van der Waals surface area contributed by atoms with Crippen molar-refractivity contribution in [1.29, 1.82) is 0 Å². The smallest absolute Gasteiger partial charge is 0.424 e. The van der Waals surface area contributed by atoms with Gasteiger partial charge in [0.2, 0.25) is 0 Å². The van der Waals surface area contributed by atoms with Gasteiger partial charge in [-0.1, -0.05) is 30.3 Å². The highest BCUT2D eigenvalue weighted by molar-refractivity contribution is 5.67. The Kier molecular flexibility index (Phi) is 5.79. The Balaban J connectivity index is 1.89. The van der Waals surface area contributed by atoms with Crippen molar-refractivity contribution in [3.05, 3.63) is 35.9 Å². The molecule has 110 valence electrons. The molecule has 0 aliphatic carbocycles. The van der Waals surface area contributed by atoms with Gasteiger partial charge in [0.05, 0.1) is 6.54 Å². The first-order chi connectivity index (χ1) is 9.81. The predicted molar refractivity (Wildman–Crippen MR) is 76.8 cm³/mol. The van der Waals surface area contributed by atoms with E-state index in [9.17, 15) is 4.79 Å². The molecule has 0 aromatic heterocycles. The van der Waals surface area contributed by atoms with Gasteiger partial charge in [0.15, 0.2) is 0 Å². The Labute approximate surface area is 119 Å². The van der Waals surface area contributed by atoms with Crippen molar-refractivity contribution in [1.82, 2.24) is 15.3 Å². The van der Waals surface area contributed by atoms with Crippen LogP contribution in [0.4, 0.5) is 4.79 Å². The zero-order valence-electron chi connectivity index (χ0n) is 11.6. The molecule has 0 spiro atoms. The molecule has 0 atom stereocenters. The van der Waals surface area contributed by atoms with Crippen LogP contribution in [-0.4, -0.2) is 55.4 Å². The number of nitrogens with zero attached hydrogens (tertiary/aromatic N) is 2. The second-order valence-electron chi connectivity index (χ2n) is 4.66. The van der Waals surface area contributed by atoms with Crippen LogP contribution in [0.5, 0.6) is 0 Å². The fourth-order valence-electron chi connectivity index (χ4n) is 2.16. The standard InChI is InChI=1S/C14H22N4O2/c15-6-9-18(17-10-7-16-8-11-17)14(19)20-12-13-4-2-1-3-5-13/h1-5,16H,6-12,15H2. The quantitative estimate of drug-likeness (QED) is 0.816. The first kappa shape index (κ1) is 14.8. The second kappa shape index (κ2) is 7.84. The molecule has 1 aliphatic heterocycles.